The van der Waals surface area contributed by atoms with Gasteiger partial charge in [0, 0.05) is 44.0 Å². The Morgan fingerprint density at radius 3 is 3.03 bits per heavy atom. The maximum absolute atomic E-state index is 12.6. The molecular formula is C23H27N5O3S. The fraction of sp³-hybridized carbons (Fsp3) is 0.435. The highest BCUT2D eigenvalue weighted by Crippen LogP contribution is 2.42. The minimum Gasteiger partial charge on any atom is -0.490 e. The molecule has 8 nitrogen and oxygen atoms in total. The first-order valence-corrected chi connectivity index (χ1v) is 11.6. The maximum atomic E-state index is 12.6. The molecule has 4 heterocycles. The van der Waals surface area contributed by atoms with E-state index >= 15 is 0 Å². The number of nitrogens with one attached hydrogen (secondary N) is 1. The zero-order valence-corrected chi connectivity index (χ0v) is 19.4. The number of anilines is 2. The van der Waals surface area contributed by atoms with Gasteiger partial charge >= 0.3 is 0 Å². The van der Waals surface area contributed by atoms with E-state index in [0.29, 0.717) is 24.6 Å². The molecule has 0 radical (unpaired) electrons. The minimum absolute atomic E-state index is 0.0388. The van der Waals surface area contributed by atoms with Gasteiger partial charge in [0.15, 0.2) is 5.13 Å². The number of benzene rings is 1. The van der Waals surface area contributed by atoms with E-state index in [1.807, 2.05) is 30.8 Å². The molecule has 0 fully saturated rings. The number of carbonyl (C=O) groups is 1. The number of aryl methyl sites for hydroxylation is 1. The first kappa shape index (κ1) is 21.0. The summed E-state index contributed by atoms with van der Waals surface area (Å²) < 4.78 is 13.0. The molecule has 168 valence electrons. The quantitative estimate of drug-likeness (QED) is 0.574. The Bertz CT molecular complexity index is 1150. The summed E-state index contributed by atoms with van der Waals surface area (Å²) in [5, 5.41) is 8.38. The van der Waals surface area contributed by atoms with Crippen molar-refractivity contribution in [3.8, 4) is 16.9 Å². The van der Waals surface area contributed by atoms with Gasteiger partial charge < -0.3 is 19.7 Å². The predicted molar refractivity (Wildman–Crippen MR) is 124 cm³/mol. The van der Waals surface area contributed by atoms with Gasteiger partial charge in [-0.25, -0.2) is 4.98 Å². The fourth-order valence-electron chi connectivity index (χ4n) is 4.18. The molecule has 0 unspecified atom stereocenters. The van der Waals surface area contributed by atoms with Gasteiger partial charge in [-0.15, -0.1) is 0 Å². The van der Waals surface area contributed by atoms with Crippen LogP contribution >= 0.6 is 11.3 Å². The molecular weight excluding hydrogens is 426 g/mol. The summed E-state index contributed by atoms with van der Waals surface area (Å²) in [6.07, 6.45) is 5.59. The topological polar surface area (TPSA) is 81.5 Å². The van der Waals surface area contributed by atoms with Crippen molar-refractivity contribution >= 4 is 28.1 Å². The van der Waals surface area contributed by atoms with Gasteiger partial charge in [-0.05, 0) is 38.0 Å². The van der Waals surface area contributed by atoms with E-state index < -0.39 is 0 Å². The average Bonchev–Trinajstić information content (AvgIpc) is 3.40. The van der Waals surface area contributed by atoms with Gasteiger partial charge in [-0.2, -0.15) is 5.10 Å². The number of nitrogens with zero attached hydrogens (tertiary/aromatic N) is 4. The third kappa shape index (κ3) is 3.98. The van der Waals surface area contributed by atoms with Crippen LogP contribution in [0.4, 0.5) is 10.8 Å². The molecule has 3 aromatic rings. The summed E-state index contributed by atoms with van der Waals surface area (Å²) >= 11 is 1.45. The van der Waals surface area contributed by atoms with E-state index in [0.717, 1.165) is 52.8 Å². The van der Waals surface area contributed by atoms with Crippen LogP contribution in [-0.2, 0) is 17.7 Å². The van der Waals surface area contributed by atoms with Crippen LogP contribution < -0.4 is 15.0 Å². The van der Waals surface area contributed by atoms with Gasteiger partial charge in [0.05, 0.1) is 24.1 Å². The standard InChI is InChI=1S/C23H27N5O3S/c1-23(2)12-17-20(21(29)26-23)32-22(25-17)28-8-10-31-19-6-5-15(11-18(19)28)16-13-24-27(14-16)7-4-9-30-3/h5-6,11,13-14H,4,7-10,12H2,1-3H3,(H,26,29). The Morgan fingerprint density at radius 2 is 2.19 bits per heavy atom. The number of hydrogen-bond acceptors (Lipinski definition) is 7. The number of methoxy groups -OCH3 is 1. The van der Waals surface area contributed by atoms with Crippen molar-refractivity contribution in [1.29, 1.82) is 0 Å². The Kier molecular flexibility index (Phi) is 5.38. The summed E-state index contributed by atoms with van der Waals surface area (Å²) in [7, 11) is 1.71. The SMILES string of the molecule is COCCCn1cc(-c2ccc3c(c2)N(c2nc4c(s2)C(=O)NC(C)(C)C4)CCO3)cn1. The van der Waals surface area contributed by atoms with Crippen LogP contribution in [0.3, 0.4) is 0 Å². The highest BCUT2D eigenvalue weighted by Gasteiger charge is 2.34. The number of ether oxygens (including phenoxy) is 2. The number of amides is 1. The van der Waals surface area contributed by atoms with Crippen LogP contribution in [0.25, 0.3) is 11.1 Å². The largest absolute Gasteiger partial charge is 0.490 e. The minimum atomic E-state index is -0.283. The molecule has 0 spiro atoms. The molecule has 2 aromatic heterocycles. The zero-order valence-electron chi connectivity index (χ0n) is 18.6. The second kappa shape index (κ2) is 8.22. The van der Waals surface area contributed by atoms with Crippen molar-refractivity contribution in [3.63, 3.8) is 0 Å². The van der Waals surface area contributed by atoms with Crippen molar-refractivity contribution in [2.75, 3.05) is 31.8 Å². The van der Waals surface area contributed by atoms with E-state index in [2.05, 4.69) is 33.6 Å². The summed E-state index contributed by atoms with van der Waals surface area (Å²) in [6, 6.07) is 6.18. The fourth-order valence-corrected chi connectivity index (χ4v) is 5.20. The monoisotopic (exact) mass is 453 g/mol. The number of fused-ring (bicyclic) bond motifs is 2. The van der Waals surface area contributed by atoms with E-state index in [-0.39, 0.29) is 11.4 Å². The lowest BCUT2D eigenvalue weighted by Gasteiger charge is -2.29. The normalized spacial score (nSPS) is 16.8. The van der Waals surface area contributed by atoms with Gasteiger partial charge in [0.25, 0.3) is 5.91 Å². The van der Waals surface area contributed by atoms with Gasteiger partial charge in [-0.3, -0.25) is 9.48 Å². The molecule has 5 rings (SSSR count). The molecule has 0 atom stereocenters. The third-order valence-corrected chi connectivity index (χ3v) is 6.83. The Labute approximate surface area is 191 Å². The Balaban J connectivity index is 1.45. The van der Waals surface area contributed by atoms with Crippen LogP contribution in [-0.4, -0.2) is 53.1 Å². The second-order valence-corrected chi connectivity index (χ2v) is 9.79. The Hall–Kier alpha value is -2.91. The summed E-state index contributed by atoms with van der Waals surface area (Å²) in [4.78, 5) is 20.3. The third-order valence-electron chi connectivity index (χ3n) is 5.71. The van der Waals surface area contributed by atoms with Crippen LogP contribution in [0, 0.1) is 0 Å². The van der Waals surface area contributed by atoms with E-state index in [4.69, 9.17) is 14.5 Å². The van der Waals surface area contributed by atoms with Crippen LogP contribution in [0.2, 0.25) is 0 Å². The molecule has 0 bridgehead atoms. The molecule has 1 aromatic carbocycles. The van der Waals surface area contributed by atoms with Crippen molar-refractivity contribution in [3.05, 3.63) is 41.2 Å². The van der Waals surface area contributed by atoms with Crippen LogP contribution in [0.1, 0.15) is 35.6 Å². The first-order valence-electron chi connectivity index (χ1n) is 10.8. The van der Waals surface area contributed by atoms with Crippen molar-refractivity contribution < 1.29 is 14.3 Å². The molecule has 0 aliphatic carbocycles. The number of rotatable bonds is 6. The molecule has 0 saturated carbocycles. The Morgan fingerprint density at radius 1 is 1.31 bits per heavy atom. The van der Waals surface area contributed by atoms with Crippen molar-refractivity contribution in [1.82, 2.24) is 20.1 Å². The van der Waals surface area contributed by atoms with Crippen molar-refractivity contribution in [2.24, 2.45) is 0 Å². The highest BCUT2D eigenvalue weighted by molar-refractivity contribution is 7.17. The van der Waals surface area contributed by atoms with Crippen molar-refractivity contribution in [2.45, 2.75) is 38.8 Å². The number of hydrogen-bond donors (Lipinski definition) is 1. The molecule has 2 aliphatic heterocycles. The maximum Gasteiger partial charge on any atom is 0.263 e. The smallest absolute Gasteiger partial charge is 0.263 e. The lowest BCUT2D eigenvalue weighted by atomic mass is 9.94. The highest BCUT2D eigenvalue weighted by atomic mass is 32.1. The second-order valence-electron chi connectivity index (χ2n) is 8.81. The number of thiazole rings is 1. The van der Waals surface area contributed by atoms with Crippen LogP contribution in [0.15, 0.2) is 30.6 Å². The molecule has 2 aliphatic rings. The number of carbonyl (C=O) groups excluding carboxylic acids is 1. The predicted octanol–water partition coefficient (Wildman–Crippen LogP) is 3.64. The lowest BCUT2D eigenvalue weighted by molar-refractivity contribution is 0.0901. The lowest BCUT2D eigenvalue weighted by Crippen LogP contribution is -2.48. The van der Waals surface area contributed by atoms with E-state index in [1.54, 1.807) is 7.11 Å². The summed E-state index contributed by atoms with van der Waals surface area (Å²) in [6.45, 7) is 6.84. The summed E-state index contributed by atoms with van der Waals surface area (Å²) in [5.41, 5.74) is 3.68. The molecule has 1 N–H and O–H groups in total. The molecule has 9 heteroatoms. The molecule has 1 amide bonds. The van der Waals surface area contributed by atoms with Gasteiger partial charge in [0.1, 0.15) is 17.2 Å². The molecule has 32 heavy (non-hydrogen) atoms. The van der Waals surface area contributed by atoms with Gasteiger partial charge in [-0.1, -0.05) is 17.4 Å². The van der Waals surface area contributed by atoms with Crippen LogP contribution in [0.5, 0.6) is 5.75 Å². The van der Waals surface area contributed by atoms with Gasteiger partial charge in [0.2, 0.25) is 0 Å². The average molecular weight is 454 g/mol. The van der Waals surface area contributed by atoms with E-state index in [1.165, 1.54) is 11.3 Å². The van der Waals surface area contributed by atoms with E-state index in [9.17, 15) is 4.79 Å². The number of aromatic nitrogens is 3. The zero-order chi connectivity index (χ0) is 22.3. The molecule has 0 saturated heterocycles. The summed E-state index contributed by atoms with van der Waals surface area (Å²) in [5.74, 6) is 0.786. The first-order chi connectivity index (χ1) is 15.4.